The van der Waals surface area contributed by atoms with E-state index in [1.807, 2.05) is 6.92 Å². The molecule has 3 unspecified atom stereocenters. The normalized spacial score (nSPS) is 30.1. The highest BCUT2D eigenvalue weighted by Crippen LogP contribution is 2.25. The second-order valence-corrected chi connectivity index (χ2v) is 3.40. The SMILES string of the molecule is COC(=O)C(O)CC1CCOC1C. The van der Waals surface area contributed by atoms with Gasteiger partial charge >= 0.3 is 5.97 Å². The Morgan fingerprint density at radius 2 is 2.46 bits per heavy atom. The number of carbonyl (C=O) groups is 1. The molecule has 0 aliphatic carbocycles. The summed E-state index contributed by atoms with van der Waals surface area (Å²) in [5.74, 6) is -0.284. The van der Waals surface area contributed by atoms with Crippen LogP contribution in [0.15, 0.2) is 0 Å². The molecule has 0 spiro atoms. The number of rotatable bonds is 3. The predicted molar refractivity (Wildman–Crippen MR) is 46.2 cm³/mol. The average molecular weight is 188 g/mol. The van der Waals surface area contributed by atoms with Crippen LogP contribution in [0.1, 0.15) is 19.8 Å². The lowest BCUT2D eigenvalue weighted by atomic mass is 9.95. The highest BCUT2D eigenvalue weighted by molar-refractivity contribution is 5.74. The van der Waals surface area contributed by atoms with Gasteiger partial charge in [-0.3, -0.25) is 0 Å². The van der Waals surface area contributed by atoms with Gasteiger partial charge < -0.3 is 14.6 Å². The molecule has 0 radical (unpaired) electrons. The molecular weight excluding hydrogens is 172 g/mol. The van der Waals surface area contributed by atoms with Crippen LogP contribution in [-0.2, 0) is 14.3 Å². The predicted octanol–water partition coefficient (Wildman–Crippen LogP) is 0.335. The minimum Gasteiger partial charge on any atom is -0.467 e. The fourth-order valence-corrected chi connectivity index (χ4v) is 1.60. The quantitative estimate of drug-likeness (QED) is 0.649. The molecule has 0 bridgehead atoms. The molecule has 1 saturated heterocycles. The maximum absolute atomic E-state index is 10.9. The third-order valence-corrected chi connectivity index (χ3v) is 2.53. The molecule has 1 rings (SSSR count). The molecule has 1 aliphatic heterocycles. The number of aliphatic hydroxyl groups is 1. The van der Waals surface area contributed by atoms with Crippen molar-refractivity contribution in [2.45, 2.75) is 32.0 Å². The summed E-state index contributed by atoms with van der Waals surface area (Å²) in [4.78, 5) is 10.9. The Balaban J connectivity index is 2.34. The molecule has 0 aromatic carbocycles. The van der Waals surface area contributed by atoms with E-state index in [9.17, 15) is 9.90 Å². The van der Waals surface area contributed by atoms with Gasteiger partial charge in [0.15, 0.2) is 6.10 Å². The van der Waals surface area contributed by atoms with Gasteiger partial charge in [0.25, 0.3) is 0 Å². The molecule has 0 saturated carbocycles. The van der Waals surface area contributed by atoms with Crippen LogP contribution in [0.25, 0.3) is 0 Å². The van der Waals surface area contributed by atoms with Crippen molar-refractivity contribution < 1.29 is 19.4 Å². The molecule has 1 fully saturated rings. The molecule has 76 valence electrons. The lowest BCUT2D eigenvalue weighted by Gasteiger charge is -2.16. The van der Waals surface area contributed by atoms with E-state index in [0.29, 0.717) is 6.42 Å². The topological polar surface area (TPSA) is 55.8 Å². The molecule has 1 aliphatic rings. The zero-order valence-corrected chi connectivity index (χ0v) is 8.03. The third kappa shape index (κ3) is 2.67. The molecular formula is C9H16O4. The Kier molecular flexibility index (Phi) is 3.69. The summed E-state index contributed by atoms with van der Waals surface area (Å²) in [6.07, 6.45) is 0.488. The van der Waals surface area contributed by atoms with Crippen molar-refractivity contribution in [2.75, 3.05) is 13.7 Å². The van der Waals surface area contributed by atoms with E-state index in [0.717, 1.165) is 13.0 Å². The fraction of sp³-hybridized carbons (Fsp3) is 0.889. The van der Waals surface area contributed by atoms with Crippen LogP contribution in [-0.4, -0.2) is 37.0 Å². The number of hydrogen-bond donors (Lipinski definition) is 1. The summed E-state index contributed by atoms with van der Waals surface area (Å²) in [6, 6.07) is 0. The number of carbonyl (C=O) groups excluding carboxylic acids is 1. The molecule has 0 amide bonds. The van der Waals surface area contributed by atoms with Crippen LogP contribution >= 0.6 is 0 Å². The molecule has 1 N–H and O–H groups in total. The van der Waals surface area contributed by atoms with Gasteiger partial charge in [0.2, 0.25) is 0 Å². The van der Waals surface area contributed by atoms with Gasteiger partial charge in [-0.1, -0.05) is 0 Å². The van der Waals surface area contributed by atoms with Crippen molar-refractivity contribution in [3.05, 3.63) is 0 Å². The number of ether oxygens (including phenoxy) is 2. The maximum Gasteiger partial charge on any atom is 0.334 e. The number of hydrogen-bond acceptors (Lipinski definition) is 4. The maximum atomic E-state index is 10.9. The lowest BCUT2D eigenvalue weighted by molar-refractivity contribution is -0.151. The summed E-state index contributed by atoms with van der Waals surface area (Å²) in [5.41, 5.74) is 0. The van der Waals surface area contributed by atoms with Gasteiger partial charge in [0.05, 0.1) is 13.2 Å². The van der Waals surface area contributed by atoms with E-state index in [1.165, 1.54) is 7.11 Å². The number of esters is 1. The molecule has 0 aromatic rings. The molecule has 3 atom stereocenters. The minimum atomic E-state index is -1.00. The van der Waals surface area contributed by atoms with Crippen molar-refractivity contribution in [3.63, 3.8) is 0 Å². The second kappa shape index (κ2) is 4.58. The first kappa shape index (κ1) is 10.5. The Labute approximate surface area is 77.8 Å². The van der Waals surface area contributed by atoms with Crippen LogP contribution in [0.4, 0.5) is 0 Å². The van der Waals surface area contributed by atoms with Gasteiger partial charge in [0.1, 0.15) is 0 Å². The highest BCUT2D eigenvalue weighted by Gasteiger charge is 2.29. The number of methoxy groups -OCH3 is 1. The van der Waals surface area contributed by atoms with E-state index >= 15 is 0 Å². The second-order valence-electron chi connectivity index (χ2n) is 3.40. The van der Waals surface area contributed by atoms with Crippen molar-refractivity contribution in [1.29, 1.82) is 0 Å². The standard InChI is InChI=1S/C9H16O4/c1-6-7(3-4-13-6)5-8(10)9(11)12-2/h6-8,10H,3-5H2,1-2H3. The Morgan fingerprint density at radius 3 is 2.92 bits per heavy atom. The number of aliphatic hydroxyl groups excluding tert-OH is 1. The smallest absolute Gasteiger partial charge is 0.334 e. The first-order valence-corrected chi connectivity index (χ1v) is 4.52. The van der Waals surface area contributed by atoms with Crippen LogP contribution in [0, 0.1) is 5.92 Å². The Bertz CT molecular complexity index is 180. The molecule has 4 heteroatoms. The summed E-state index contributed by atoms with van der Waals surface area (Å²) in [6.45, 7) is 2.68. The molecule has 13 heavy (non-hydrogen) atoms. The monoisotopic (exact) mass is 188 g/mol. The van der Waals surface area contributed by atoms with Gasteiger partial charge in [-0.05, 0) is 25.7 Å². The van der Waals surface area contributed by atoms with Crippen LogP contribution in [0.5, 0.6) is 0 Å². The van der Waals surface area contributed by atoms with E-state index < -0.39 is 12.1 Å². The van der Waals surface area contributed by atoms with Crippen molar-refractivity contribution in [1.82, 2.24) is 0 Å². The summed E-state index contributed by atoms with van der Waals surface area (Å²) >= 11 is 0. The van der Waals surface area contributed by atoms with Gasteiger partial charge in [0, 0.05) is 6.61 Å². The Morgan fingerprint density at radius 1 is 1.77 bits per heavy atom. The largest absolute Gasteiger partial charge is 0.467 e. The van der Waals surface area contributed by atoms with Gasteiger partial charge in [-0.15, -0.1) is 0 Å². The molecule has 0 aromatic heterocycles. The first-order chi connectivity index (χ1) is 6.15. The summed E-state index contributed by atoms with van der Waals surface area (Å²) in [7, 11) is 1.28. The van der Waals surface area contributed by atoms with Gasteiger partial charge in [-0.2, -0.15) is 0 Å². The van der Waals surface area contributed by atoms with E-state index in [2.05, 4.69) is 4.74 Å². The first-order valence-electron chi connectivity index (χ1n) is 4.52. The van der Waals surface area contributed by atoms with Crippen LogP contribution < -0.4 is 0 Å². The van der Waals surface area contributed by atoms with Crippen molar-refractivity contribution >= 4 is 5.97 Å². The van der Waals surface area contributed by atoms with E-state index in [4.69, 9.17) is 4.74 Å². The van der Waals surface area contributed by atoms with E-state index in [1.54, 1.807) is 0 Å². The van der Waals surface area contributed by atoms with Gasteiger partial charge in [-0.25, -0.2) is 4.79 Å². The fourth-order valence-electron chi connectivity index (χ4n) is 1.60. The summed E-state index contributed by atoms with van der Waals surface area (Å²) < 4.78 is 9.74. The molecule has 1 heterocycles. The zero-order valence-electron chi connectivity index (χ0n) is 8.03. The van der Waals surface area contributed by atoms with Crippen molar-refractivity contribution in [3.8, 4) is 0 Å². The van der Waals surface area contributed by atoms with Crippen LogP contribution in [0.3, 0.4) is 0 Å². The summed E-state index contributed by atoms with van der Waals surface area (Å²) in [5, 5.41) is 9.37. The lowest BCUT2D eigenvalue weighted by Crippen LogP contribution is -2.27. The Hall–Kier alpha value is -0.610. The van der Waals surface area contributed by atoms with E-state index in [-0.39, 0.29) is 12.0 Å². The average Bonchev–Trinajstić information content (AvgIpc) is 2.50. The van der Waals surface area contributed by atoms with Crippen molar-refractivity contribution in [2.24, 2.45) is 5.92 Å². The highest BCUT2D eigenvalue weighted by atomic mass is 16.5. The zero-order chi connectivity index (χ0) is 9.84. The van der Waals surface area contributed by atoms with Crippen LogP contribution in [0.2, 0.25) is 0 Å². The third-order valence-electron chi connectivity index (χ3n) is 2.53. The minimum absolute atomic E-state index is 0.138. The molecule has 4 nitrogen and oxygen atoms in total.